The number of carbonyl (C=O) groups excluding carboxylic acids is 1. The van der Waals surface area contributed by atoms with Gasteiger partial charge in [0.2, 0.25) is 5.75 Å². The molecule has 1 N–H and O–H groups in total. The third kappa shape index (κ3) is 3.89. The fourth-order valence-corrected chi connectivity index (χ4v) is 2.27. The van der Waals surface area contributed by atoms with Gasteiger partial charge in [-0.1, -0.05) is 12.1 Å². The van der Waals surface area contributed by atoms with Gasteiger partial charge in [0, 0.05) is 11.6 Å². The maximum atomic E-state index is 12.1. The second-order valence-electron chi connectivity index (χ2n) is 4.90. The van der Waals surface area contributed by atoms with Crippen molar-refractivity contribution in [2.45, 2.75) is 0 Å². The molecule has 1 amide bonds. The van der Waals surface area contributed by atoms with Gasteiger partial charge in [0.15, 0.2) is 11.5 Å². The summed E-state index contributed by atoms with van der Waals surface area (Å²) in [5.41, 5.74) is 2.39. The largest absolute Gasteiger partial charge is 0.493 e. The minimum Gasteiger partial charge on any atom is -0.493 e. The molecule has 0 bridgehead atoms. The second-order valence-corrected chi connectivity index (χ2v) is 4.90. The first kappa shape index (κ1) is 18.7. The quantitative estimate of drug-likeness (QED) is 0.461. The van der Waals surface area contributed by atoms with Gasteiger partial charge in [-0.2, -0.15) is 5.10 Å². The normalized spacial score (nSPS) is 10.4. The molecule has 26 heavy (non-hydrogen) atoms. The van der Waals surface area contributed by atoms with Crippen molar-refractivity contribution in [3.8, 4) is 17.2 Å². The fourth-order valence-electron chi connectivity index (χ4n) is 2.27. The Hall–Kier alpha value is -3.62. The maximum Gasteiger partial charge on any atom is 0.282 e. The van der Waals surface area contributed by atoms with Crippen LogP contribution < -0.4 is 19.6 Å². The van der Waals surface area contributed by atoms with Gasteiger partial charge in [-0.3, -0.25) is 14.9 Å². The molecule has 2 aromatic carbocycles. The van der Waals surface area contributed by atoms with Crippen molar-refractivity contribution in [3.63, 3.8) is 0 Å². The summed E-state index contributed by atoms with van der Waals surface area (Å²) in [4.78, 5) is 22.5. The molecule has 0 radical (unpaired) electrons. The lowest BCUT2D eigenvalue weighted by atomic mass is 10.1. The molecule has 0 aromatic heterocycles. The van der Waals surface area contributed by atoms with Gasteiger partial charge in [0.1, 0.15) is 5.56 Å². The number of nitro groups is 1. The number of nitro benzene ring substituents is 1. The van der Waals surface area contributed by atoms with Gasteiger partial charge in [0.05, 0.1) is 32.5 Å². The molecular weight excluding hydrogens is 342 g/mol. The highest BCUT2D eigenvalue weighted by Gasteiger charge is 2.19. The molecule has 9 nitrogen and oxygen atoms in total. The van der Waals surface area contributed by atoms with Crippen LogP contribution in [0.1, 0.15) is 15.9 Å². The molecule has 9 heteroatoms. The van der Waals surface area contributed by atoms with Crippen molar-refractivity contribution in [3.05, 3.63) is 57.6 Å². The first-order valence-electron chi connectivity index (χ1n) is 7.39. The fraction of sp³-hybridized carbons (Fsp3) is 0.176. The third-order valence-electron chi connectivity index (χ3n) is 3.45. The summed E-state index contributed by atoms with van der Waals surface area (Å²) >= 11 is 0. The van der Waals surface area contributed by atoms with Crippen LogP contribution in [0.2, 0.25) is 0 Å². The predicted molar refractivity (Wildman–Crippen MR) is 94.3 cm³/mol. The molecule has 0 aliphatic heterocycles. The zero-order valence-corrected chi connectivity index (χ0v) is 14.4. The van der Waals surface area contributed by atoms with Crippen molar-refractivity contribution < 1.29 is 23.9 Å². The van der Waals surface area contributed by atoms with E-state index in [-0.39, 0.29) is 11.3 Å². The number of hydrogen-bond acceptors (Lipinski definition) is 7. The van der Waals surface area contributed by atoms with Crippen LogP contribution in [0.4, 0.5) is 5.69 Å². The summed E-state index contributed by atoms with van der Waals surface area (Å²) in [6, 6.07) is 8.93. The Kier molecular flexibility index (Phi) is 6.10. The number of rotatable bonds is 7. The molecule has 0 aliphatic rings. The standard InChI is InChI=1S/C17H17N3O6/c1-24-14-9-8-11(15(25-2)16(14)26-3)10-18-19-17(21)12-6-4-5-7-13(12)20(22)23/h4-10H,1-3H3,(H,19,21)/b18-10-. The van der Waals surface area contributed by atoms with Crippen LogP contribution in [-0.4, -0.2) is 38.4 Å². The average molecular weight is 359 g/mol. The van der Waals surface area contributed by atoms with E-state index < -0.39 is 10.8 Å². The monoisotopic (exact) mass is 359 g/mol. The summed E-state index contributed by atoms with van der Waals surface area (Å²) in [5, 5.41) is 14.8. The van der Waals surface area contributed by atoms with E-state index in [2.05, 4.69) is 10.5 Å². The Balaban J connectivity index is 2.24. The average Bonchev–Trinajstić information content (AvgIpc) is 2.66. The number of benzene rings is 2. The smallest absolute Gasteiger partial charge is 0.282 e. The lowest BCUT2D eigenvalue weighted by molar-refractivity contribution is -0.385. The van der Waals surface area contributed by atoms with Crippen LogP contribution in [0.25, 0.3) is 0 Å². The SMILES string of the molecule is COc1ccc(/C=N\NC(=O)c2ccccc2[N+](=O)[O-])c(OC)c1OC. The van der Waals surface area contributed by atoms with Crippen LogP contribution >= 0.6 is 0 Å². The van der Waals surface area contributed by atoms with E-state index in [1.807, 2.05) is 0 Å². The number of nitrogens with one attached hydrogen (secondary N) is 1. The lowest BCUT2D eigenvalue weighted by Crippen LogP contribution is -2.19. The molecule has 2 rings (SSSR count). The van der Waals surface area contributed by atoms with Crippen LogP contribution in [0, 0.1) is 10.1 Å². The van der Waals surface area contributed by atoms with E-state index in [0.29, 0.717) is 22.8 Å². The summed E-state index contributed by atoms with van der Waals surface area (Å²) in [5.74, 6) is 0.526. The lowest BCUT2D eigenvalue weighted by Gasteiger charge is -2.13. The number of methoxy groups -OCH3 is 3. The summed E-state index contributed by atoms with van der Waals surface area (Å²) in [7, 11) is 4.43. The highest BCUT2D eigenvalue weighted by Crippen LogP contribution is 2.38. The predicted octanol–water partition coefficient (Wildman–Crippen LogP) is 2.38. The molecule has 0 aliphatic carbocycles. The Bertz CT molecular complexity index is 850. The van der Waals surface area contributed by atoms with Gasteiger partial charge < -0.3 is 14.2 Å². The molecule has 2 aromatic rings. The van der Waals surface area contributed by atoms with E-state index in [4.69, 9.17) is 14.2 Å². The summed E-state index contributed by atoms with van der Waals surface area (Å²) in [6.45, 7) is 0. The van der Waals surface area contributed by atoms with E-state index in [1.54, 1.807) is 12.1 Å². The third-order valence-corrected chi connectivity index (χ3v) is 3.45. The van der Waals surface area contributed by atoms with Gasteiger partial charge in [-0.05, 0) is 18.2 Å². The number of nitrogens with zero attached hydrogens (tertiary/aromatic N) is 2. The topological polar surface area (TPSA) is 112 Å². The highest BCUT2D eigenvalue weighted by molar-refractivity contribution is 5.98. The molecule has 0 atom stereocenters. The van der Waals surface area contributed by atoms with Crippen LogP contribution in [0.3, 0.4) is 0 Å². The minimum absolute atomic E-state index is 0.0890. The van der Waals surface area contributed by atoms with Gasteiger partial charge in [-0.25, -0.2) is 5.43 Å². The van der Waals surface area contributed by atoms with E-state index in [9.17, 15) is 14.9 Å². The molecular formula is C17H17N3O6. The van der Waals surface area contributed by atoms with Crippen molar-refractivity contribution in [2.75, 3.05) is 21.3 Å². The Morgan fingerprint density at radius 2 is 1.77 bits per heavy atom. The Labute approximate surface area is 149 Å². The van der Waals surface area contributed by atoms with Crippen molar-refractivity contribution in [1.29, 1.82) is 0 Å². The first-order chi connectivity index (χ1) is 12.5. The number of para-hydroxylation sites is 1. The van der Waals surface area contributed by atoms with Crippen LogP contribution in [0.5, 0.6) is 17.2 Å². The molecule has 0 spiro atoms. The molecule has 0 unspecified atom stereocenters. The zero-order chi connectivity index (χ0) is 19.1. The van der Waals surface area contributed by atoms with Gasteiger partial charge >= 0.3 is 0 Å². The van der Waals surface area contributed by atoms with Crippen molar-refractivity contribution in [2.24, 2.45) is 5.10 Å². The van der Waals surface area contributed by atoms with E-state index >= 15 is 0 Å². The number of amides is 1. The Morgan fingerprint density at radius 3 is 2.38 bits per heavy atom. The highest BCUT2D eigenvalue weighted by atomic mass is 16.6. The summed E-state index contributed by atoms with van der Waals surface area (Å²) in [6.07, 6.45) is 1.34. The van der Waals surface area contributed by atoms with Gasteiger partial charge in [0.25, 0.3) is 11.6 Å². The van der Waals surface area contributed by atoms with Crippen molar-refractivity contribution in [1.82, 2.24) is 5.43 Å². The number of carbonyl (C=O) groups is 1. The van der Waals surface area contributed by atoms with Gasteiger partial charge in [-0.15, -0.1) is 0 Å². The van der Waals surface area contributed by atoms with E-state index in [1.165, 1.54) is 51.8 Å². The maximum absolute atomic E-state index is 12.1. The number of ether oxygens (including phenoxy) is 3. The Morgan fingerprint density at radius 1 is 1.08 bits per heavy atom. The minimum atomic E-state index is -0.701. The molecule has 0 fully saturated rings. The van der Waals surface area contributed by atoms with Crippen LogP contribution in [0.15, 0.2) is 41.5 Å². The molecule has 136 valence electrons. The van der Waals surface area contributed by atoms with E-state index in [0.717, 1.165) is 0 Å². The number of hydrazone groups is 1. The molecule has 0 saturated carbocycles. The number of hydrogen-bond donors (Lipinski definition) is 1. The first-order valence-corrected chi connectivity index (χ1v) is 7.39. The molecule has 0 saturated heterocycles. The summed E-state index contributed by atoms with van der Waals surface area (Å²) < 4.78 is 15.8. The zero-order valence-electron chi connectivity index (χ0n) is 14.4. The van der Waals surface area contributed by atoms with Crippen molar-refractivity contribution >= 4 is 17.8 Å². The van der Waals surface area contributed by atoms with Crippen LogP contribution in [-0.2, 0) is 0 Å². The second kappa shape index (κ2) is 8.47. The molecule has 0 heterocycles.